The molecule has 7 nitrogen and oxygen atoms in total. The first-order valence-corrected chi connectivity index (χ1v) is 14.6. The van der Waals surface area contributed by atoms with Crippen LogP contribution >= 0.6 is 11.8 Å². The second-order valence-electron chi connectivity index (χ2n) is 8.95. The minimum atomic E-state index is -5.47. The highest BCUT2D eigenvalue weighted by molar-refractivity contribution is 7.99. The van der Waals surface area contributed by atoms with Crippen molar-refractivity contribution in [1.82, 2.24) is 15.1 Å². The number of carbonyl (C=O) groups is 1. The van der Waals surface area contributed by atoms with E-state index in [-0.39, 0.29) is 12.1 Å². The lowest BCUT2D eigenvalue weighted by atomic mass is 10.1. The van der Waals surface area contributed by atoms with E-state index in [0.717, 1.165) is 29.3 Å². The minimum Gasteiger partial charge on any atom is -0.340 e. The maximum atomic E-state index is 13.3. The van der Waals surface area contributed by atoms with E-state index in [0.29, 0.717) is 56.1 Å². The number of alkyl halides is 3. The van der Waals surface area contributed by atoms with Gasteiger partial charge in [-0.3, -0.25) is 0 Å². The lowest BCUT2D eigenvalue weighted by molar-refractivity contribution is -0.0436. The second kappa shape index (κ2) is 11.1. The van der Waals surface area contributed by atoms with Crippen LogP contribution in [0.3, 0.4) is 0 Å². The molecule has 0 bridgehead atoms. The Kier molecular flexibility index (Phi) is 8.29. The van der Waals surface area contributed by atoms with E-state index in [4.69, 9.17) is 0 Å². The predicted molar refractivity (Wildman–Crippen MR) is 138 cm³/mol. The van der Waals surface area contributed by atoms with Crippen LogP contribution in [-0.4, -0.2) is 75.1 Å². The van der Waals surface area contributed by atoms with Gasteiger partial charge in [0, 0.05) is 55.1 Å². The number of benzene rings is 2. The van der Waals surface area contributed by atoms with Gasteiger partial charge in [0.15, 0.2) is 0 Å². The van der Waals surface area contributed by atoms with Crippen molar-refractivity contribution < 1.29 is 26.4 Å². The van der Waals surface area contributed by atoms with E-state index >= 15 is 0 Å². The zero-order valence-corrected chi connectivity index (χ0v) is 22.4. The lowest BCUT2D eigenvalue weighted by Crippen LogP contribution is -2.57. The molecule has 2 aliphatic rings. The summed E-state index contributed by atoms with van der Waals surface area (Å²) in [6.45, 7) is 7.65. The number of hydrogen-bond acceptors (Lipinski definition) is 6. The minimum absolute atomic E-state index is 0.00679. The number of carbonyl (C=O) groups excluding carboxylic acids is 1. The van der Waals surface area contributed by atoms with Crippen molar-refractivity contribution in [3.63, 3.8) is 0 Å². The molecule has 0 spiro atoms. The van der Waals surface area contributed by atoms with Gasteiger partial charge in [0.2, 0.25) is 0 Å². The number of piperazine rings is 1. The van der Waals surface area contributed by atoms with E-state index < -0.39 is 20.2 Å². The number of sulfone groups is 1. The van der Waals surface area contributed by atoms with E-state index in [1.165, 1.54) is 17.8 Å². The van der Waals surface area contributed by atoms with Gasteiger partial charge in [-0.25, -0.2) is 13.2 Å². The van der Waals surface area contributed by atoms with Crippen molar-refractivity contribution >= 4 is 39.0 Å². The van der Waals surface area contributed by atoms with Gasteiger partial charge in [-0.15, -0.1) is 0 Å². The molecule has 1 unspecified atom stereocenters. The van der Waals surface area contributed by atoms with Gasteiger partial charge in [0.25, 0.3) is 9.84 Å². The molecular formula is C25H31F3N4O3S2. The topological polar surface area (TPSA) is 73.0 Å². The molecule has 0 aromatic heterocycles. The molecule has 0 radical (unpaired) electrons. The number of urea groups is 1. The van der Waals surface area contributed by atoms with Gasteiger partial charge in [-0.1, -0.05) is 23.9 Å². The second-order valence-corrected chi connectivity index (χ2v) is 12.0. The Labute approximate surface area is 219 Å². The Hall–Kier alpha value is -2.44. The smallest absolute Gasteiger partial charge is 0.340 e. The summed E-state index contributed by atoms with van der Waals surface area (Å²) in [6.07, 6.45) is 1.35. The Morgan fingerprint density at radius 3 is 2.51 bits per heavy atom. The molecule has 2 amide bonds. The van der Waals surface area contributed by atoms with Gasteiger partial charge in [0.05, 0.1) is 16.3 Å². The van der Waals surface area contributed by atoms with Gasteiger partial charge in [-0.2, -0.15) is 13.2 Å². The zero-order chi connectivity index (χ0) is 26.8. The highest BCUT2D eigenvalue weighted by atomic mass is 32.2. The summed E-state index contributed by atoms with van der Waals surface area (Å²) in [6, 6.07) is 11.2. The first-order chi connectivity index (χ1) is 17.6. The third-order valence-electron chi connectivity index (χ3n) is 6.76. The Morgan fingerprint density at radius 2 is 1.81 bits per heavy atom. The number of amides is 2. The highest BCUT2D eigenvalue weighted by Gasteiger charge is 2.47. The number of fused-ring (bicyclic) bond motifs is 2. The molecule has 1 fully saturated rings. The van der Waals surface area contributed by atoms with Crippen molar-refractivity contribution in [2.75, 3.05) is 44.2 Å². The number of para-hydroxylation sites is 1. The summed E-state index contributed by atoms with van der Waals surface area (Å²) in [4.78, 5) is 19.5. The highest BCUT2D eigenvalue weighted by Crippen LogP contribution is 2.49. The van der Waals surface area contributed by atoms with Crippen LogP contribution in [0.1, 0.15) is 26.7 Å². The van der Waals surface area contributed by atoms with Crippen LogP contribution in [0.2, 0.25) is 0 Å². The molecule has 0 aliphatic carbocycles. The summed E-state index contributed by atoms with van der Waals surface area (Å²) in [7, 11) is -5.47. The molecule has 1 N–H and O–H groups in total. The van der Waals surface area contributed by atoms with Crippen LogP contribution in [0.5, 0.6) is 0 Å². The van der Waals surface area contributed by atoms with Crippen molar-refractivity contribution in [1.29, 1.82) is 0 Å². The SMILES string of the molecule is CCN(CC)C(=O)N1CCNCC1CCCN1c2ccccc2Sc2ccc(S(=O)(=O)C(F)(F)F)cc21. The Balaban J connectivity index is 1.58. The van der Waals surface area contributed by atoms with Crippen LogP contribution in [0.4, 0.5) is 29.3 Å². The molecule has 0 saturated carbocycles. The van der Waals surface area contributed by atoms with E-state index in [2.05, 4.69) is 5.32 Å². The largest absolute Gasteiger partial charge is 0.501 e. The summed E-state index contributed by atoms with van der Waals surface area (Å²) < 4.78 is 64.0. The van der Waals surface area contributed by atoms with E-state index in [1.807, 2.05) is 47.9 Å². The number of nitrogens with one attached hydrogen (secondary N) is 1. The monoisotopic (exact) mass is 556 g/mol. The molecule has 4 rings (SSSR count). The van der Waals surface area contributed by atoms with E-state index in [1.54, 1.807) is 4.90 Å². The van der Waals surface area contributed by atoms with Crippen LogP contribution in [0.15, 0.2) is 57.2 Å². The standard InChI is InChI=1S/C25H31F3N4O3S2/c1-3-30(4-2)24(33)31-15-13-29-17-18(31)8-7-14-32-20-9-5-6-10-22(20)36-23-12-11-19(16-21(23)32)37(34,35)25(26,27)28/h5-6,9-12,16,18,29H,3-4,7-8,13-15,17H2,1-2H3. The fourth-order valence-corrected chi connectivity index (χ4v) is 6.64. The number of rotatable bonds is 7. The first kappa shape index (κ1) is 27.6. The first-order valence-electron chi connectivity index (χ1n) is 12.3. The van der Waals surface area contributed by atoms with Crippen LogP contribution in [-0.2, 0) is 9.84 Å². The third-order valence-corrected chi connectivity index (χ3v) is 9.38. The van der Waals surface area contributed by atoms with Crippen LogP contribution < -0.4 is 10.2 Å². The maximum Gasteiger partial charge on any atom is 0.501 e. The fraction of sp³-hybridized carbons (Fsp3) is 0.480. The number of hydrogen-bond donors (Lipinski definition) is 1. The average Bonchev–Trinajstić information content (AvgIpc) is 2.88. The van der Waals surface area contributed by atoms with Gasteiger partial charge < -0.3 is 20.0 Å². The summed E-state index contributed by atoms with van der Waals surface area (Å²) in [5, 5.41) is 3.35. The molecule has 2 aliphatic heterocycles. The molecule has 2 heterocycles. The summed E-state index contributed by atoms with van der Waals surface area (Å²) in [5.41, 5.74) is -4.12. The van der Waals surface area contributed by atoms with Crippen molar-refractivity contribution in [3.8, 4) is 0 Å². The number of anilines is 2. The molecule has 1 saturated heterocycles. The molecule has 1 atom stereocenters. The molecule has 2 aromatic carbocycles. The summed E-state index contributed by atoms with van der Waals surface area (Å²) >= 11 is 1.40. The lowest BCUT2D eigenvalue weighted by Gasteiger charge is -2.39. The zero-order valence-electron chi connectivity index (χ0n) is 20.8. The van der Waals surface area contributed by atoms with Crippen LogP contribution in [0, 0.1) is 0 Å². The Bertz CT molecular complexity index is 1240. The fourth-order valence-electron chi connectivity index (χ4n) is 4.78. The third kappa shape index (κ3) is 5.56. The molecule has 37 heavy (non-hydrogen) atoms. The van der Waals surface area contributed by atoms with Crippen molar-refractivity contribution in [2.24, 2.45) is 0 Å². The van der Waals surface area contributed by atoms with Gasteiger partial charge >= 0.3 is 11.5 Å². The quantitative estimate of drug-likeness (QED) is 0.512. The van der Waals surface area contributed by atoms with Crippen molar-refractivity contribution in [2.45, 2.75) is 52.9 Å². The number of nitrogens with zero attached hydrogens (tertiary/aromatic N) is 3. The van der Waals surface area contributed by atoms with Crippen molar-refractivity contribution in [3.05, 3.63) is 42.5 Å². The normalized spacial score (nSPS) is 17.8. The summed E-state index contributed by atoms with van der Waals surface area (Å²) in [5.74, 6) is 0. The van der Waals surface area contributed by atoms with Gasteiger partial charge in [-0.05, 0) is 57.0 Å². The molecule has 12 heteroatoms. The average molecular weight is 557 g/mol. The number of halogens is 3. The van der Waals surface area contributed by atoms with Crippen LogP contribution in [0.25, 0.3) is 0 Å². The molecular weight excluding hydrogens is 525 g/mol. The predicted octanol–water partition coefficient (Wildman–Crippen LogP) is 5.10. The Morgan fingerprint density at radius 1 is 1.11 bits per heavy atom. The maximum absolute atomic E-state index is 13.3. The van der Waals surface area contributed by atoms with E-state index in [9.17, 15) is 26.4 Å². The van der Waals surface area contributed by atoms with Gasteiger partial charge in [0.1, 0.15) is 0 Å². The molecule has 2 aromatic rings. The molecule has 202 valence electrons.